The number of hydrogen-bond acceptors (Lipinski definition) is 6. The Bertz CT molecular complexity index is 925. The largest absolute Gasteiger partial charge is 0.459 e. The minimum absolute atomic E-state index is 0.0298. The summed E-state index contributed by atoms with van der Waals surface area (Å²) in [6.45, 7) is 1.88. The van der Waals surface area contributed by atoms with Crippen LogP contribution >= 0.6 is 0 Å². The molecule has 7 nitrogen and oxygen atoms in total. The van der Waals surface area contributed by atoms with Gasteiger partial charge in [0.2, 0.25) is 5.82 Å². The standard InChI is InChI=1S/C18H15N5O2/c1-13-6-8-14(9-7-13)18-20-22-23(21-18)11-17(24)25-12-16-5-3-2-4-15(16)10-19/h2-9H,11-12H2,1H3. The lowest BCUT2D eigenvalue weighted by molar-refractivity contribution is -0.146. The number of aryl methyl sites for hydroxylation is 1. The average molecular weight is 333 g/mol. The first-order chi connectivity index (χ1) is 12.2. The van der Waals surface area contributed by atoms with Crippen LogP contribution in [0.3, 0.4) is 0 Å². The van der Waals surface area contributed by atoms with Gasteiger partial charge in [-0.25, -0.2) is 4.79 Å². The van der Waals surface area contributed by atoms with Gasteiger partial charge in [0.25, 0.3) is 0 Å². The third-order valence-electron chi connectivity index (χ3n) is 3.56. The van der Waals surface area contributed by atoms with Crippen molar-refractivity contribution in [3.05, 3.63) is 65.2 Å². The normalized spacial score (nSPS) is 10.2. The molecule has 25 heavy (non-hydrogen) atoms. The molecule has 2 aromatic carbocycles. The predicted octanol–water partition coefficient (Wildman–Crippen LogP) is 2.26. The molecular formula is C18H15N5O2. The summed E-state index contributed by atoms with van der Waals surface area (Å²) in [6.07, 6.45) is 0. The van der Waals surface area contributed by atoms with Gasteiger partial charge in [0.05, 0.1) is 11.6 Å². The molecule has 0 atom stereocenters. The highest BCUT2D eigenvalue weighted by Crippen LogP contribution is 2.14. The summed E-state index contributed by atoms with van der Waals surface area (Å²) >= 11 is 0. The van der Waals surface area contributed by atoms with E-state index in [1.54, 1.807) is 24.3 Å². The van der Waals surface area contributed by atoms with E-state index in [0.717, 1.165) is 11.1 Å². The summed E-state index contributed by atoms with van der Waals surface area (Å²) < 4.78 is 5.19. The van der Waals surface area contributed by atoms with E-state index in [-0.39, 0.29) is 13.2 Å². The predicted molar refractivity (Wildman–Crippen MR) is 88.9 cm³/mol. The molecule has 0 radical (unpaired) electrons. The average Bonchev–Trinajstić information content (AvgIpc) is 3.09. The Labute approximate surface area is 144 Å². The zero-order chi connectivity index (χ0) is 17.6. The van der Waals surface area contributed by atoms with Gasteiger partial charge in [-0.3, -0.25) is 0 Å². The van der Waals surface area contributed by atoms with Crippen LogP contribution in [0.2, 0.25) is 0 Å². The molecule has 3 rings (SSSR count). The fraction of sp³-hybridized carbons (Fsp3) is 0.167. The molecular weight excluding hydrogens is 318 g/mol. The minimum Gasteiger partial charge on any atom is -0.459 e. The number of benzene rings is 2. The summed E-state index contributed by atoms with van der Waals surface area (Å²) in [5.41, 5.74) is 3.10. The fourth-order valence-electron chi connectivity index (χ4n) is 2.20. The molecule has 0 fully saturated rings. The van der Waals surface area contributed by atoms with E-state index in [9.17, 15) is 4.79 Å². The monoisotopic (exact) mass is 333 g/mol. The molecule has 0 spiro atoms. The Morgan fingerprint density at radius 2 is 1.96 bits per heavy atom. The van der Waals surface area contributed by atoms with Crippen molar-refractivity contribution >= 4 is 5.97 Å². The summed E-state index contributed by atoms with van der Waals surface area (Å²) in [6, 6.07) is 16.7. The molecule has 1 aromatic heterocycles. The van der Waals surface area contributed by atoms with E-state index in [1.165, 1.54) is 4.80 Å². The van der Waals surface area contributed by atoms with E-state index >= 15 is 0 Å². The molecule has 0 aliphatic rings. The van der Waals surface area contributed by atoms with Gasteiger partial charge in [-0.15, -0.1) is 10.2 Å². The lowest BCUT2D eigenvalue weighted by atomic mass is 10.1. The summed E-state index contributed by atoms with van der Waals surface area (Å²) in [5.74, 6) is -0.0526. The first-order valence-electron chi connectivity index (χ1n) is 7.64. The van der Waals surface area contributed by atoms with Gasteiger partial charge in [-0.2, -0.15) is 10.1 Å². The van der Waals surface area contributed by atoms with Crippen LogP contribution in [0.1, 0.15) is 16.7 Å². The topological polar surface area (TPSA) is 93.7 Å². The smallest absolute Gasteiger partial charge is 0.330 e. The van der Waals surface area contributed by atoms with E-state index in [4.69, 9.17) is 10.00 Å². The first kappa shape index (κ1) is 16.3. The number of nitriles is 1. The SMILES string of the molecule is Cc1ccc(-c2nnn(CC(=O)OCc3ccccc3C#N)n2)cc1. The zero-order valence-electron chi connectivity index (χ0n) is 13.6. The summed E-state index contributed by atoms with van der Waals surface area (Å²) in [4.78, 5) is 13.1. The number of nitrogens with zero attached hydrogens (tertiary/aromatic N) is 5. The van der Waals surface area contributed by atoms with E-state index < -0.39 is 5.97 Å². The molecule has 0 aliphatic heterocycles. The highest BCUT2D eigenvalue weighted by molar-refractivity contribution is 5.69. The number of carbonyl (C=O) groups excluding carboxylic acids is 1. The highest BCUT2D eigenvalue weighted by atomic mass is 16.5. The second-order valence-electron chi connectivity index (χ2n) is 5.44. The Balaban J connectivity index is 1.60. The molecule has 0 bridgehead atoms. The zero-order valence-corrected chi connectivity index (χ0v) is 13.6. The van der Waals surface area contributed by atoms with Crippen LogP contribution in [0.15, 0.2) is 48.5 Å². The van der Waals surface area contributed by atoms with Crippen molar-refractivity contribution in [1.29, 1.82) is 5.26 Å². The summed E-state index contributed by atoms with van der Waals surface area (Å²) in [5, 5.41) is 21.0. The van der Waals surface area contributed by atoms with Gasteiger partial charge in [0.15, 0.2) is 6.54 Å². The third-order valence-corrected chi connectivity index (χ3v) is 3.56. The maximum absolute atomic E-state index is 11.9. The molecule has 0 aliphatic carbocycles. The summed E-state index contributed by atoms with van der Waals surface area (Å²) in [7, 11) is 0. The van der Waals surface area contributed by atoms with Crippen molar-refractivity contribution in [3.8, 4) is 17.5 Å². The van der Waals surface area contributed by atoms with Crippen molar-refractivity contribution in [3.63, 3.8) is 0 Å². The van der Waals surface area contributed by atoms with Gasteiger partial charge in [0.1, 0.15) is 6.61 Å². The maximum Gasteiger partial charge on any atom is 0.330 e. The molecule has 0 saturated carbocycles. The lowest BCUT2D eigenvalue weighted by Gasteiger charge is -2.05. The molecule has 1 heterocycles. The Morgan fingerprint density at radius 3 is 2.72 bits per heavy atom. The van der Waals surface area contributed by atoms with Crippen LogP contribution in [0, 0.1) is 18.3 Å². The van der Waals surface area contributed by atoms with Crippen LogP contribution in [0.25, 0.3) is 11.4 Å². The van der Waals surface area contributed by atoms with Crippen LogP contribution in [-0.2, 0) is 22.7 Å². The molecule has 0 N–H and O–H groups in total. The fourth-order valence-corrected chi connectivity index (χ4v) is 2.20. The maximum atomic E-state index is 11.9. The molecule has 7 heteroatoms. The van der Waals surface area contributed by atoms with Crippen LogP contribution < -0.4 is 0 Å². The Kier molecular flexibility index (Phi) is 4.81. The van der Waals surface area contributed by atoms with Crippen molar-refractivity contribution in [2.45, 2.75) is 20.1 Å². The number of rotatable bonds is 5. The Morgan fingerprint density at radius 1 is 1.20 bits per heavy atom. The van der Waals surface area contributed by atoms with Crippen molar-refractivity contribution < 1.29 is 9.53 Å². The van der Waals surface area contributed by atoms with Gasteiger partial charge in [-0.1, -0.05) is 48.0 Å². The number of carbonyl (C=O) groups is 1. The van der Waals surface area contributed by atoms with Crippen LogP contribution in [-0.4, -0.2) is 26.2 Å². The number of tetrazole rings is 1. The Hall–Kier alpha value is -3.53. The van der Waals surface area contributed by atoms with Crippen molar-refractivity contribution in [2.75, 3.05) is 0 Å². The van der Waals surface area contributed by atoms with Crippen molar-refractivity contribution in [1.82, 2.24) is 20.2 Å². The van der Waals surface area contributed by atoms with Crippen LogP contribution in [0.5, 0.6) is 0 Å². The number of ether oxygens (including phenoxy) is 1. The molecule has 0 unspecified atom stereocenters. The van der Waals surface area contributed by atoms with Crippen molar-refractivity contribution in [2.24, 2.45) is 0 Å². The first-order valence-corrected chi connectivity index (χ1v) is 7.64. The number of esters is 1. The van der Waals surface area contributed by atoms with E-state index in [0.29, 0.717) is 17.0 Å². The highest BCUT2D eigenvalue weighted by Gasteiger charge is 2.11. The number of hydrogen-bond donors (Lipinski definition) is 0. The molecule has 3 aromatic rings. The van der Waals surface area contributed by atoms with Gasteiger partial charge in [0, 0.05) is 11.1 Å². The van der Waals surface area contributed by atoms with Crippen LogP contribution in [0.4, 0.5) is 0 Å². The quantitative estimate of drug-likeness (QED) is 0.665. The molecule has 0 saturated heterocycles. The van der Waals surface area contributed by atoms with Gasteiger partial charge >= 0.3 is 5.97 Å². The molecule has 0 amide bonds. The second kappa shape index (κ2) is 7.36. The molecule has 124 valence electrons. The minimum atomic E-state index is -0.499. The van der Waals surface area contributed by atoms with E-state index in [2.05, 4.69) is 21.5 Å². The number of aromatic nitrogens is 4. The second-order valence-corrected chi connectivity index (χ2v) is 5.44. The van der Waals surface area contributed by atoms with Gasteiger partial charge in [-0.05, 0) is 18.2 Å². The third kappa shape index (κ3) is 4.06. The van der Waals surface area contributed by atoms with E-state index in [1.807, 2.05) is 31.2 Å². The van der Waals surface area contributed by atoms with Gasteiger partial charge < -0.3 is 4.74 Å². The lowest BCUT2D eigenvalue weighted by Crippen LogP contribution is -2.16.